The molecule has 0 aliphatic heterocycles. The molecule has 0 radical (unpaired) electrons. The number of halogens is 1. The van der Waals surface area contributed by atoms with Crippen molar-refractivity contribution in [1.82, 2.24) is 10.6 Å². The summed E-state index contributed by atoms with van der Waals surface area (Å²) in [7, 11) is 0. The molecule has 0 saturated heterocycles. The second-order valence-electron chi connectivity index (χ2n) is 5.27. The van der Waals surface area contributed by atoms with Gasteiger partial charge in [0.25, 0.3) is 11.8 Å². The van der Waals surface area contributed by atoms with Crippen molar-refractivity contribution < 1.29 is 14.7 Å². The number of benzene rings is 2. The third-order valence-electron chi connectivity index (χ3n) is 3.31. The number of carbonyl (C=O) groups excluding carboxylic acids is 2. The van der Waals surface area contributed by atoms with Gasteiger partial charge in [0, 0.05) is 23.2 Å². The Morgan fingerprint density at radius 3 is 2.52 bits per heavy atom. The van der Waals surface area contributed by atoms with Crippen LogP contribution in [0.3, 0.4) is 0 Å². The maximum atomic E-state index is 12.4. The lowest BCUT2D eigenvalue weighted by Gasteiger charge is -2.11. The third kappa shape index (κ3) is 6.17. The van der Waals surface area contributed by atoms with E-state index in [0.717, 1.165) is 10.0 Å². The lowest BCUT2D eigenvalue weighted by Crippen LogP contribution is -2.35. The minimum Gasteiger partial charge on any atom is -0.396 e. The number of hydrogen-bond donors (Lipinski definition) is 3. The molecule has 130 valence electrons. The first-order chi connectivity index (χ1) is 12.1. The molecule has 0 unspecified atom stereocenters. The third-order valence-corrected chi connectivity index (χ3v) is 3.80. The Labute approximate surface area is 154 Å². The Morgan fingerprint density at radius 2 is 1.84 bits per heavy atom. The SMILES string of the molecule is O=C(NCCCO)/C(=C\c1cccc(Br)c1)NC(=O)c1ccccc1. The Balaban J connectivity index is 2.22. The second-order valence-corrected chi connectivity index (χ2v) is 6.18. The zero-order valence-corrected chi connectivity index (χ0v) is 15.1. The Bertz CT molecular complexity index is 760. The molecule has 2 aromatic carbocycles. The van der Waals surface area contributed by atoms with Crippen LogP contribution in [0.4, 0.5) is 0 Å². The van der Waals surface area contributed by atoms with E-state index in [9.17, 15) is 9.59 Å². The smallest absolute Gasteiger partial charge is 0.267 e. The first-order valence-electron chi connectivity index (χ1n) is 7.83. The van der Waals surface area contributed by atoms with Gasteiger partial charge < -0.3 is 15.7 Å². The Hall–Kier alpha value is -2.44. The molecule has 0 bridgehead atoms. The summed E-state index contributed by atoms with van der Waals surface area (Å²) in [6, 6.07) is 16.1. The van der Waals surface area contributed by atoms with Crippen molar-refractivity contribution in [3.8, 4) is 0 Å². The van der Waals surface area contributed by atoms with Crippen LogP contribution in [0.15, 0.2) is 64.8 Å². The summed E-state index contributed by atoms with van der Waals surface area (Å²) < 4.78 is 0.871. The molecule has 0 aliphatic rings. The number of nitrogens with one attached hydrogen (secondary N) is 2. The highest BCUT2D eigenvalue weighted by Crippen LogP contribution is 2.14. The maximum absolute atomic E-state index is 12.4. The first kappa shape index (κ1) is 18.9. The molecule has 0 aromatic heterocycles. The molecule has 0 fully saturated rings. The number of aliphatic hydroxyl groups is 1. The fourth-order valence-electron chi connectivity index (χ4n) is 2.08. The van der Waals surface area contributed by atoms with Crippen molar-refractivity contribution in [3.63, 3.8) is 0 Å². The number of rotatable bonds is 7. The van der Waals surface area contributed by atoms with Gasteiger partial charge >= 0.3 is 0 Å². The molecule has 5 nitrogen and oxygen atoms in total. The van der Waals surface area contributed by atoms with Crippen LogP contribution in [0, 0.1) is 0 Å². The van der Waals surface area contributed by atoms with Crippen LogP contribution in [-0.4, -0.2) is 30.1 Å². The molecule has 0 aliphatic carbocycles. The van der Waals surface area contributed by atoms with Gasteiger partial charge in [0.05, 0.1) is 0 Å². The van der Waals surface area contributed by atoms with Gasteiger partial charge in [-0.2, -0.15) is 0 Å². The number of hydrogen-bond acceptors (Lipinski definition) is 3. The maximum Gasteiger partial charge on any atom is 0.267 e. The van der Waals surface area contributed by atoms with E-state index < -0.39 is 5.91 Å². The lowest BCUT2D eigenvalue weighted by atomic mass is 10.1. The van der Waals surface area contributed by atoms with Crippen LogP contribution < -0.4 is 10.6 Å². The van der Waals surface area contributed by atoms with Crippen LogP contribution in [0.5, 0.6) is 0 Å². The fourth-order valence-corrected chi connectivity index (χ4v) is 2.50. The van der Waals surface area contributed by atoms with Crippen molar-refractivity contribution in [3.05, 3.63) is 75.9 Å². The van der Waals surface area contributed by atoms with Gasteiger partial charge in [-0.25, -0.2) is 0 Å². The van der Waals surface area contributed by atoms with Crippen molar-refractivity contribution in [2.24, 2.45) is 0 Å². The summed E-state index contributed by atoms with van der Waals surface area (Å²) in [6.07, 6.45) is 2.06. The molecule has 2 rings (SSSR count). The van der Waals surface area contributed by atoms with Gasteiger partial charge in [0.2, 0.25) is 0 Å². The van der Waals surface area contributed by atoms with E-state index in [4.69, 9.17) is 5.11 Å². The van der Waals surface area contributed by atoms with E-state index in [1.54, 1.807) is 30.3 Å². The summed E-state index contributed by atoms with van der Waals surface area (Å²) in [5.41, 5.74) is 1.38. The topological polar surface area (TPSA) is 78.4 Å². The summed E-state index contributed by atoms with van der Waals surface area (Å²) in [6.45, 7) is 0.313. The van der Waals surface area contributed by atoms with Crippen LogP contribution in [-0.2, 0) is 4.79 Å². The van der Waals surface area contributed by atoms with E-state index in [1.165, 1.54) is 0 Å². The lowest BCUT2D eigenvalue weighted by molar-refractivity contribution is -0.117. The van der Waals surface area contributed by atoms with E-state index >= 15 is 0 Å². The average molecular weight is 403 g/mol. The molecular formula is C19H19BrN2O3. The average Bonchev–Trinajstić information content (AvgIpc) is 2.62. The van der Waals surface area contributed by atoms with Gasteiger partial charge in [-0.1, -0.05) is 46.3 Å². The van der Waals surface area contributed by atoms with Crippen molar-refractivity contribution in [2.75, 3.05) is 13.2 Å². The highest BCUT2D eigenvalue weighted by atomic mass is 79.9. The van der Waals surface area contributed by atoms with Crippen molar-refractivity contribution in [1.29, 1.82) is 0 Å². The van der Waals surface area contributed by atoms with Crippen LogP contribution in [0.2, 0.25) is 0 Å². The van der Waals surface area contributed by atoms with Crippen molar-refractivity contribution >= 4 is 33.8 Å². The summed E-state index contributed by atoms with van der Waals surface area (Å²) in [4.78, 5) is 24.8. The van der Waals surface area contributed by atoms with Gasteiger partial charge in [0.1, 0.15) is 5.70 Å². The van der Waals surface area contributed by atoms with Gasteiger partial charge in [-0.15, -0.1) is 0 Å². The van der Waals surface area contributed by atoms with Gasteiger partial charge in [-0.3, -0.25) is 9.59 Å². The molecule has 2 amide bonds. The Kier molecular flexibility index (Phi) is 7.37. The van der Waals surface area contributed by atoms with Crippen LogP contribution >= 0.6 is 15.9 Å². The predicted molar refractivity (Wildman–Crippen MR) is 101 cm³/mol. The van der Waals surface area contributed by atoms with E-state index in [-0.39, 0.29) is 18.2 Å². The Morgan fingerprint density at radius 1 is 1.08 bits per heavy atom. The number of amides is 2. The monoisotopic (exact) mass is 402 g/mol. The quantitative estimate of drug-likeness (QED) is 0.492. The predicted octanol–water partition coefficient (Wildman–Crippen LogP) is 2.72. The zero-order chi connectivity index (χ0) is 18.1. The molecule has 6 heteroatoms. The van der Waals surface area contributed by atoms with Crippen LogP contribution in [0.25, 0.3) is 6.08 Å². The van der Waals surface area contributed by atoms with E-state index in [1.807, 2.05) is 30.3 Å². The van der Waals surface area contributed by atoms with Gasteiger partial charge in [-0.05, 0) is 42.3 Å². The molecule has 3 N–H and O–H groups in total. The number of carbonyl (C=O) groups is 2. The van der Waals surface area contributed by atoms with Crippen molar-refractivity contribution in [2.45, 2.75) is 6.42 Å². The molecule has 0 saturated carbocycles. The standard InChI is InChI=1S/C19H19BrN2O3/c20-16-9-4-6-14(12-16)13-17(19(25)21-10-5-11-23)22-18(24)15-7-2-1-3-8-15/h1-4,6-9,12-13,23H,5,10-11H2,(H,21,25)(H,22,24)/b17-13+. The molecule has 0 heterocycles. The highest BCUT2D eigenvalue weighted by molar-refractivity contribution is 9.10. The summed E-state index contributed by atoms with van der Waals surface area (Å²) in [5, 5.41) is 14.2. The molecule has 0 atom stereocenters. The van der Waals surface area contributed by atoms with Crippen LogP contribution in [0.1, 0.15) is 22.3 Å². The normalized spacial score (nSPS) is 11.0. The molecular weight excluding hydrogens is 384 g/mol. The van der Waals surface area contributed by atoms with E-state index in [2.05, 4.69) is 26.6 Å². The molecule has 2 aromatic rings. The fraction of sp³-hybridized carbons (Fsp3) is 0.158. The zero-order valence-electron chi connectivity index (χ0n) is 13.5. The minimum atomic E-state index is -0.405. The largest absolute Gasteiger partial charge is 0.396 e. The molecule has 25 heavy (non-hydrogen) atoms. The van der Waals surface area contributed by atoms with Gasteiger partial charge in [0.15, 0.2) is 0 Å². The number of aliphatic hydroxyl groups excluding tert-OH is 1. The summed E-state index contributed by atoms with van der Waals surface area (Å²) >= 11 is 3.38. The van der Waals surface area contributed by atoms with E-state index in [0.29, 0.717) is 18.5 Å². The minimum absolute atomic E-state index is 0.0126. The first-order valence-corrected chi connectivity index (χ1v) is 8.62. The highest BCUT2D eigenvalue weighted by Gasteiger charge is 2.14. The summed E-state index contributed by atoms with van der Waals surface area (Å²) in [5.74, 6) is -0.767. The second kappa shape index (κ2) is 9.76. The molecule has 0 spiro atoms.